The molecule has 27 heavy (non-hydrogen) atoms. The molecule has 0 aliphatic heterocycles. The van der Waals surface area contributed by atoms with Crippen LogP contribution in [0.3, 0.4) is 0 Å². The number of oxazole rings is 1. The predicted octanol–water partition coefficient (Wildman–Crippen LogP) is 2.36. The van der Waals surface area contributed by atoms with E-state index in [1.165, 1.54) is 29.7 Å². The summed E-state index contributed by atoms with van der Waals surface area (Å²) in [5, 5.41) is 14.3. The molecular weight excluding hydrogens is 394 g/mol. The van der Waals surface area contributed by atoms with Crippen LogP contribution in [0.1, 0.15) is 5.89 Å². The second-order valence-electron chi connectivity index (χ2n) is 5.57. The number of nitrogens with zero attached hydrogens (tertiary/aromatic N) is 1. The summed E-state index contributed by atoms with van der Waals surface area (Å²) in [6, 6.07) is 12.6. The predicted molar refractivity (Wildman–Crippen MR) is 97.4 cm³/mol. The van der Waals surface area contributed by atoms with Crippen molar-refractivity contribution in [2.45, 2.75) is 11.3 Å². The van der Waals surface area contributed by atoms with Crippen molar-refractivity contribution in [3.63, 3.8) is 0 Å². The van der Waals surface area contributed by atoms with Crippen LogP contribution in [0.25, 0.3) is 22.6 Å². The Hall–Kier alpha value is -2.72. The first kappa shape index (κ1) is 19.1. The Kier molecular flexibility index (Phi) is 5.29. The molecule has 4 N–H and O–H groups in total. The molecule has 140 valence electrons. The molecule has 0 atom stereocenters. The number of carbonyl (C=O) groups excluding carboxylic acids is 1. The monoisotopic (exact) mass is 407 g/mol. The van der Waals surface area contributed by atoms with Gasteiger partial charge in [-0.1, -0.05) is 23.7 Å². The average Bonchev–Trinajstić information content (AvgIpc) is 3.05. The topological polar surface area (TPSA) is 136 Å². The number of nitrogens with two attached hydrogens (primary N) is 1. The summed E-state index contributed by atoms with van der Waals surface area (Å²) < 4.78 is 28.5. The number of hydrogen-bond acceptors (Lipinski definition) is 6. The molecule has 0 aliphatic carbocycles. The van der Waals surface area contributed by atoms with Crippen molar-refractivity contribution in [3.05, 3.63) is 59.4 Å². The third kappa shape index (κ3) is 4.34. The molecule has 0 aliphatic rings. The largest absolute Gasteiger partial charge is 0.439 e. The first-order valence-electron chi connectivity index (χ1n) is 7.60. The molecule has 10 heteroatoms. The van der Waals surface area contributed by atoms with E-state index in [1.807, 2.05) is 0 Å². The lowest BCUT2D eigenvalue weighted by Crippen LogP contribution is -2.20. The lowest BCUT2D eigenvalue weighted by Gasteiger charge is -2.03. The van der Waals surface area contributed by atoms with Crippen molar-refractivity contribution >= 4 is 27.5 Å². The fourth-order valence-corrected chi connectivity index (χ4v) is 3.05. The number of hydrogen-bond donors (Lipinski definition) is 3. The maximum atomic E-state index is 11.4. The standard InChI is InChI=1S/C17H14ClN3O5S/c18-12-5-1-10(2-6-12)16-17(26-15(20-16)9-14(22)21-23)11-3-7-13(8-4-11)27(19,24)25/h1-8,23H,9H2,(H,21,22)(H2,19,24,25). The zero-order valence-corrected chi connectivity index (χ0v) is 15.3. The van der Waals surface area contributed by atoms with Crippen LogP contribution < -0.4 is 10.6 Å². The lowest BCUT2D eigenvalue weighted by molar-refractivity contribution is -0.128. The molecule has 0 radical (unpaired) electrons. The van der Waals surface area contributed by atoms with E-state index < -0.39 is 15.9 Å². The number of amides is 1. The molecule has 0 unspecified atom stereocenters. The normalized spacial score (nSPS) is 11.4. The van der Waals surface area contributed by atoms with Crippen molar-refractivity contribution in [1.82, 2.24) is 10.5 Å². The zero-order valence-electron chi connectivity index (χ0n) is 13.7. The first-order chi connectivity index (χ1) is 12.8. The van der Waals surface area contributed by atoms with Gasteiger partial charge in [-0.3, -0.25) is 10.0 Å². The molecule has 1 aromatic heterocycles. The van der Waals surface area contributed by atoms with Crippen LogP contribution in [0, 0.1) is 0 Å². The fourth-order valence-electron chi connectivity index (χ4n) is 2.41. The SMILES string of the molecule is NS(=O)(=O)c1ccc(-c2oc(CC(=O)NO)nc2-c2ccc(Cl)cc2)cc1. The van der Waals surface area contributed by atoms with Crippen LogP contribution in [0.5, 0.6) is 0 Å². The van der Waals surface area contributed by atoms with Gasteiger partial charge in [-0.2, -0.15) is 0 Å². The minimum Gasteiger partial charge on any atom is -0.439 e. The summed E-state index contributed by atoms with van der Waals surface area (Å²) in [5.74, 6) is -0.272. The highest BCUT2D eigenvalue weighted by Gasteiger charge is 2.19. The van der Waals surface area contributed by atoms with Gasteiger partial charge in [-0.25, -0.2) is 24.0 Å². The Morgan fingerprint density at radius 3 is 2.26 bits per heavy atom. The Balaban J connectivity index is 2.09. The Labute approximate surface area is 159 Å². The summed E-state index contributed by atoms with van der Waals surface area (Å²) in [4.78, 5) is 15.7. The third-order valence-corrected chi connectivity index (χ3v) is 4.85. The van der Waals surface area contributed by atoms with Crippen LogP contribution >= 0.6 is 11.6 Å². The van der Waals surface area contributed by atoms with Crippen molar-refractivity contribution < 1.29 is 22.8 Å². The molecule has 0 saturated heterocycles. The van der Waals surface area contributed by atoms with Crippen molar-refractivity contribution in [1.29, 1.82) is 0 Å². The van der Waals surface area contributed by atoms with E-state index in [4.69, 9.17) is 26.4 Å². The smallest absolute Gasteiger partial charge is 0.252 e. The van der Waals surface area contributed by atoms with Gasteiger partial charge in [0.25, 0.3) is 5.91 Å². The summed E-state index contributed by atoms with van der Waals surface area (Å²) in [6.45, 7) is 0. The fraction of sp³-hybridized carbons (Fsp3) is 0.0588. The quantitative estimate of drug-likeness (QED) is 0.438. The molecule has 2 aromatic carbocycles. The van der Waals surface area contributed by atoms with Crippen LogP contribution in [0.2, 0.25) is 5.02 Å². The number of sulfonamides is 1. The van der Waals surface area contributed by atoms with E-state index in [1.54, 1.807) is 24.3 Å². The van der Waals surface area contributed by atoms with Gasteiger partial charge in [0, 0.05) is 16.1 Å². The second kappa shape index (κ2) is 7.49. The maximum Gasteiger partial charge on any atom is 0.252 e. The summed E-state index contributed by atoms with van der Waals surface area (Å²) in [7, 11) is -3.82. The lowest BCUT2D eigenvalue weighted by atomic mass is 10.1. The number of rotatable bonds is 5. The number of halogens is 1. The number of aromatic nitrogens is 1. The van der Waals surface area contributed by atoms with E-state index in [9.17, 15) is 13.2 Å². The molecule has 3 rings (SSSR count). The average molecular weight is 408 g/mol. The Morgan fingerprint density at radius 2 is 1.70 bits per heavy atom. The van der Waals surface area contributed by atoms with E-state index in [0.29, 0.717) is 27.6 Å². The molecule has 8 nitrogen and oxygen atoms in total. The highest BCUT2D eigenvalue weighted by Crippen LogP contribution is 2.33. The van der Waals surface area contributed by atoms with Crippen molar-refractivity contribution in [2.24, 2.45) is 5.14 Å². The van der Waals surface area contributed by atoms with Crippen LogP contribution in [-0.2, 0) is 21.2 Å². The highest BCUT2D eigenvalue weighted by molar-refractivity contribution is 7.89. The number of nitrogens with one attached hydrogen (secondary N) is 1. The minimum absolute atomic E-state index is 0.0429. The molecule has 0 spiro atoms. The van der Waals surface area contributed by atoms with Gasteiger partial charge >= 0.3 is 0 Å². The first-order valence-corrected chi connectivity index (χ1v) is 9.52. The third-order valence-electron chi connectivity index (χ3n) is 3.67. The van der Waals surface area contributed by atoms with E-state index in [2.05, 4.69) is 4.98 Å². The van der Waals surface area contributed by atoms with Crippen molar-refractivity contribution in [2.75, 3.05) is 0 Å². The molecule has 0 fully saturated rings. The van der Waals surface area contributed by atoms with E-state index >= 15 is 0 Å². The van der Waals surface area contributed by atoms with E-state index in [0.717, 1.165) is 0 Å². The van der Waals surface area contributed by atoms with Gasteiger partial charge in [0.1, 0.15) is 12.1 Å². The number of hydroxylamine groups is 1. The summed E-state index contributed by atoms with van der Waals surface area (Å²) >= 11 is 5.92. The van der Waals surface area contributed by atoms with Gasteiger partial charge in [0.05, 0.1) is 4.90 Å². The Bertz CT molecular complexity index is 1080. The number of carbonyl (C=O) groups is 1. The molecule has 3 aromatic rings. The van der Waals surface area contributed by atoms with Gasteiger partial charge in [0.15, 0.2) is 5.76 Å². The molecule has 0 bridgehead atoms. The van der Waals surface area contributed by atoms with Gasteiger partial charge < -0.3 is 4.42 Å². The molecular formula is C17H14ClN3O5S. The minimum atomic E-state index is -3.82. The molecule has 1 heterocycles. The summed E-state index contributed by atoms with van der Waals surface area (Å²) in [6.07, 6.45) is -0.271. The van der Waals surface area contributed by atoms with Gasteiger partial charge in [-0.05, 0) is 36.4 Å². The van der Waals surface area contributed by atoms with Gasteiger partial charge in [0.2, 0.25) is 15.9 Å². The number of primary sulfonamides is 1. The number of benzene rings is 2. The molecule has 1 amide bonds. The zero-order chi connectivity index (χ0) is 19.6. The highest BCUT2D eigenvalue weighted by atomic mass is 35.5. The van der Waals surface area contributed by atoms with Crippen LogP contribution in [0.4, 0.5) is 0 Å². The second-order valence-corrected chi connectivity index (χ2v) is 7.57. The summed E-state index contributed by atoms with van der Waals surface area (Å²) in [5.41, 5.74) is 3.18. The van der Waals surface area contributed by atoms with Gasteiger partial charge in [-0.15, -0.1) is 0 Å². The molecule has 0 saturated carbocycles. The Morgan fingerprint density at radius 1 is 1.11 bits per heavy atom. The van der Waals surface area contributed by atoms with Crippen LogP contribution in [-0.4, -0.2) is 24.5 Å². The maximum absolute atomic E-state index is 11.4. The van der Waals surface area contributed by atoms with Crippen LogP contribution in [0.15, 0.2) is 57.8 Å². The van der Waals surface area contributed by atoms with E-state index in [-0.39, 0.29) is 17.2 Å². The van der Waals surface area contributed by atoms with Crippen molar-refractivity contribution in [3.8, 4) is 22.6 Å².